The molecule has 1 fully saturated rings. The van der Waals surface area contributed by atoms with Crippen LogP contribution < -0.4 is 14.2 Å². The van der Waals surface area contributed by atoms with Crippen LogP contribution in [0, 0.1) is 0 Å². The monoisotopic (exact) mass is 432 g/mol. The molecule has 7 heteroatoms. The molecular formula is C23H29ClN2O4. The molecule has 1 heterocycles. The van der Waals surface area contributed by atoms with Gasteiger partial charge in [-0.15, -0.1) is 0 Å². The topological polar surface area (TPSA) is 51.2 Å². The number of rotatable bonds is 8. The summed E-state index contributed by atoms with van der Waals surface area (Å²) in [5.41, 5.74) is 0.610. The summed E-state index contributed by atoms with van der Waals surface area (Å²) in [6.45, 7) is 8.24. The minimum Gasteiger partial charge on any atom is -0.493 e. The van der Waals surface area contributed by atoms with E-state index in [1.54, 1.807) is 25.3 Å². The third-order valence-corrected chi connectivity index (χ3v) is 5.25. The summed E-state index contributed by atoms with van der Waals surface area (Å²) < 4.78 is 16.9. The molecule has 1 amide bonds. The van der Waals surface area contributed by atoms with Gasteiger partial charge in [0.05, 0.1) is 18.2 Å². The molecule has 0 spiro atoms. The van der Waals surface area contributed by atoms with Crippen LogP contribution in [0.3, 0.4) is 0 Å². The summed E-state index contributed by atoms with van der Waals surface area (Å²) in [5, 5.41) is 0.619. The van der Waals surface area contributed by atoms with Gasteiger partial charge in [-0.05, 0) is 44.2 Å². The second kappa shape index (κ2) is 10.5. The van der Waals surface area contributed by atoms with Crippen LogP contribution in [-0.4, -0.2) is 68.3 Å². The molecule has 0 unspecified atom stereocenters. The molecule has 0 N–H and O–H groups in total. The SMILES string of the molecule is COc1cc(C(=O)N2CCN(CCOc3ccccc3Cl)CC2)ccc1OC(C)C. The molecule has 0 bridgehead atoms. The maximum atomic E-state index is 12.9. The molecule has 0 aromatic heterocycles. The van der Waals surface area contributed by atoms with Gasteiger partial charge < -0.3 is 19.1 Å². The Kier molecular flexibility index (Phi) is 7.82. The van der Waals surface area contributed by atoms with Crippen LogP contribution in [0.4, 0.5) is 0 Å². The third-order valence-electron chi connectivity index (χ3n) is 4.93. The zero-order valence-corrected chi connectivity index (χ0v) is 18.5. The Morgan fingerprint density at radius 3 is 2.43 bits per heavy atom. The van der Waals surface area contributed by atoms with Crippen LogP contribution in [0.1, 0.15) is 24.2 Å². The largest absolute Gasteiger partial charge is 0.493 e. The first-order chi connectivity index (χ1) is 14.5. The summed E-state index contributed by atoms with van der Waals surface area (Å²) in [5.74, 6) is 1.93. The zero-order valence-electron chi connectivity index (χ0n) is 17.8. The lowest BCUT2D eigenvalue weighted by molar-refractivity contribution is 0.0620. The van der Waals surface area contributed by atoms with E-state index in [0.29, 0.717) is 47.5 Å². The van der Waals surface area contributed by atoms with Gasteiger partial charge in [-0.2, -0.15) is 0 Å². The average molecular weight is 433 g/mol. The minimum absolute atomic E-state index is 0.0105. The smallest absolute Gasteiger partial charge is 0.254 e. The van der Waals surface area contributed by atoms with Gasteiger partial charge in [0, 0.05) is 38.3 Å². The lowest BCUT2D eigenvalue weighted by atomic mass is 10.1. The second-order valence-electron chi connectivity index (χ2n) is 7.44. The van der Waals surface area contributed by atoms with Gasteiger partial charge in [-0.3, -0.25) is 9.69 Å². The van der Waals surface area contributed by atoms with E-state index in [1.165, 1.54) is 0 Å². The quantitative estimate of drug-likeness (QED) is 0.631. The van der Waals surface area contributed by atoms with Gasteiger partial charge >= 0.3 is 0 Å². The number of hydrogen-bond acceptors (Lipinski definition) is 5. The number of carbonyl (C=O) groups is 1. The number of hydrogen-bond donors (Lipinski definition) is 0. The summed E-state index contributed by atoms with van der Waals surface area (Å²) >= 11 is 6.11. The average Bonchev–Trinajstić information content (AvgIpc) is 2.75. The van der Waals surface area contributed by atoms with Gasteiger partial charge in [0.2, 0.25) is 0 Å². The molecule has 0 radical (unpaired) electrons. The Morgan fingerprint density at radius 2 is 1.77 bits per heavy atom. The highest BCUT2D eigenvalue weighted by Gasteiger charge is 2.23. The zero-order chi connectivity index (χ0) is 21.5. The highest BCUT2D eigenvalue weighted by Crippen LogP contribution is 2.29. The molecule has 30 heavy (non-hydrogen) atoms. The number of ether oxygens (including phenoxy) is 3. The number of benzene rings is 2. The number of methoxy groups -OCH3 is 1. The molecule has 2 aromatic carbocycles. The standard InChI is InChI=1S/C23H29ClN2O4/c1-17(2)30-21-9-8-18(16-22(21)28-3)23(27)26-12-10-25(11-13-26)14-15-29-20-7-5-4-6-19(20)24/h4-9,16-17H,10-15H2,1-3H3. The molecule has 1 aliphatic heterocycles. The van der Waals surface area contributed by atoms with Crippen LogP contribution in [0.2, 0.25) is 5.02 Å². The van der Waals surface area contributed by atoms with Crippen LogP contribution in [-0.2, 0) is 0 Å². The van der Waals surface area contributed by atoms with Gasteiger partial charge in [0.25, 0.3) is 5.91 Å². The number of nitrogens with zero attached hydrogens (tertiary/aromatic N) is 2. The molecular weight excluding hydrogens is 404 g/mol. The molecule has 1 aliphatic rings. The highest BCUT2D eigenvalue weighted by molar-refractivity contribution is 6.32. The third kappa shape index (κ3) is 5.80. The molecule has 1 saturated heterocycles. The van der Waals surface area contributed by atoms with Gasteiger partial charge in [-0.25, -0.2) is 0 Å². The van der Waals surface area contributed by atoms with E-state index in [4.69, 9.17) is 25.8 Å². The van der Waals surface area contributed by atoms with Crippen LogP contribution in [0.25, 0.3) is 0 Å². The summed E-state index contributed by atoms with van der Waals surface area (Å²) in [6, 6.07) is 12.8. The molecule has 3 rings (SSSR count). The van der Waals surface area contributed by atoms with E-state index >= 15 is 0 Å². The lowest BCUT2D eigenvalue weighted by Gasteiger charge is -2.34. The predicted octanol–water partition coefficient (Wildman–Crippen LogP) is 3.97. The predicted molar refractivity (Wildman–Crippen MR) is 118 cm³/mol. The van der Waals surface area contributed by atoms with Crippen molar-refractivity contribution in [3.63, 3.8) is 0 Å². The molecule has 6 nitrogen and oxygen atoms in total. The maximum absolute atomic E-state index is 12.9. The number of para-hydroxylation sites is 1. The number of carbonyl (C=O) groups excluding carboxylic acids is 1. The fourth-order valence-corrected chi connectivity index (χ4v) is 3.55. The van der Waals surface area contributed by atoms with Crippen molar-refractivity contribution in [3.8, 4) is 17.2 Å². The van der Waals surface area contributed by atoms with E-state index < -0.39 is 0 Å². The first kappa shape index (κ1) is 22.2. The molecule has 162 valence electrons. The Hall–Kier alpha value is -2.44. The van der Waals surface area contributed by atoms with Crippen LogP contribution in [0.5, 0.6) is 17.2 Å². The van der Waals surface area contributed by atoms with Crippen molar-refractivity contribution < 1.29 is 19.0 Å². The van der Waals surface area contributed by atoms with Crippen molar-refractivity contribution in [2.24, 2.45) is 0 Å². The summed E-state index contributed by atoms with van der Waals surface area (Å²) in [4.78, 5) is 17.1. The fraction of sp³-hybridized carbons (Fsp3) is 0.435. The van der Waals surface area contributed by atoms with Crippen LogP contribution in [0.15, 0.2) is 42.5 Å². The van der Waals surface area contributed by atoms with Crippen LogP contribution >= 0.6 is 11.6 Å². The van der Waals surface area contributed by atoms with Crippen molar-refractivity contribution >= 4 is 17.5 Å². The van der Waals surface area contributed by atoms with Crippen molar-refractivity contribution in [1.82, 2.24) is 9.80 Å². The van der Waals surface area contributed by atoms with E-state index in [-0.39, 0.29) is 12.0 Å². The first-order valence-corrected chi connectivity index (χ1v) is 10.6. The Bertz CT molecular complexity index is 851. The van der Waals surface area contributed by atoms with Crippen molar-refractivity contribution in [2.45, 2.75) is 20.0 Å². The molecule has 2 aromatic rings. The van der Waals surface area contributed by atoms with Crippen molar-refractivity contribution in [2.75, 3.05) is 46.4 Å². The second-order valence-corrected chi connectivity index (χ2v) is 7.85. The number of amides is 1. The van der Waals surface area contributed by atoms with Crippen molar-refractivity contribution in [3.05, 3.63) is 53.1 Å². The first-order valence-electron chi connectivity index (χ1n) is 10.2. The van der Waals surface area contributed by atoms with Crippen molar-refractivity contribution in [1.29, 1.82) is 0 Å². The van der Waals surface area contributed by atoms with E-state index in [2.05, 4.69) is 4.90 Å². The molecule has 0 saturated carbocycles. The van der Waals surface area contributed by atoms with Gasteiger partial charge in [-0.1, -0.05) is 23.7 Å². The number of piperazine rings is 1. The summed E-state index contributed by atoms with van der Waals surface area (Å²) in [7, 11) is 1.58. The Morgan fingerprint density at radius 1 is 1.03 bits per heavy atom. The van der Waals surface area contributed by atoms with E-state index in [1.807, 2.05) is 43.0 Å². The highest BCUT2D eigenvalue weighted by atomic mass is 35.5. The molecule has 0 atom stereocenters. The van der Waals surface area contributed by atoms with Gasteiger partial charge in [0.1, 0.15) is 12.4 Å². The van der Waals surface area contributed by atoms with E-state index in [9.17, 15) is 4.79 Å². The van der Waals surface area contributed by atoms with E-state index in [0.717, 1.165) is 19.6 Å². The summed E-state index contributed by atoms with van der Waals surface area (Å²) in [6.07, 6.45) is 0.0374. The fourth-order valence-electron chi connectivity index (χ4n) is 3.36. The molecule has 0 aliphatic carbocycles. The lowest BCUT2D eigenvalue weighted by Crippen LogP contribution is -2.49. The number of halogens is 1. The minimum atomic E-state index is 0.0105. The van der Waals surface area contributed by atoms with Gasteiger partial charge in [0.15, 0.2) is 11.5 Å². The Labute approximate surface area is 183 Å². The maximum Gasteiger partial charge on any atom is 0.254 e. The Balaban J connectivity index is 1.49. The normalized spacial score (nSPS) is 14.6.